The summed E-state index contributed by atoms with van der Waals surface area (Å²) in [5.41, 5.74) is -1.22. The minimum absolute atomic E-state index is 0.168. The van der Waals surface area contributed by atoms with Crippen molar-refractivity contribution in [1.82, 2.24) is 0 Å². The van der Waals surface area contributed by atoms with Crippen molar-refractivity contribution in [3.05, 3.63) is 35.4 Å². The molecule has 3 nitrogen and oxygen atoms in total. The van der Waals surface area contributed by atoms with E-state index in [1.54, 1.807) is 6.92 Å². The quantitative estimate of drug-likeness (QED) is 0.929. The average molecular weight is 288 g/mol. The Bertz CT molecular complexity index is 495. The zero-order valence-electron chi connectivity index (χ0n) is 10.9. The van der Waals surface area contributed by atoms with Crippen LogP contribution in [0.15, 0.2) is 24.3 Å². The highest BCUT2D eigenvalue weighted by Crippen LogP contribution is 2.39. The van der Waals surface area contributed by atoms with Crippen molar-refractivity contribution in [3.63, 3.8) is 0 Å². The normalized spacial score (nSPS) is 26.7. The van der Waals surface area contributed by atoms with E-state index >= 15 is 0 Å². The number of hydrogen-bond donors (Lipinski definition) is 1. The maximum Gasteiger partial charge on any atom is 0.416 e. The van der Waals surface area contributed by atoms with Gasteiger partial charge in [-0.3, -0.25) is 4.79 Å². The van der Waals surface area contributed by atoms with Crippen molar-refractivity contribution >= 4 is 5.97 Å². The van der Waals surface area contributed by atoms with E-state index in [2.05, 4.69) is 0 Å². The van der Waals surface area contributed by atoms with Crippen molar-refractivity contribution in [3.8, 4) is 0 Å². The van der Waals surface area contributed by atoms with Crippen molar-refractivity contribution in [1.29, 1.82) is 0 Å². The minimum atomic E-state index is -4.38. The number of carboxylic acids is 1. The first-order valence-electron chi connectivity index (χ1n) is 6.27. The Balaban J connectivity index is 2.22. The molecular formula is C14H15F3O3. The molecule has 0 radical (unpaired) electrons. The predicted molar refractivity (Wildman–Crippen MR) is 65.2 cm³/mol. The van der Waals surface area contributed by atoms with Crippen molar-refractivity contribution in [2.24, 2.45) is 5.41 Å². The topological polar surface area (TPSA) is 46.5 Å². The molecule has 0 amide bonds. The molecule has 1 N–H and O–H groups in total. The number of hydrogen-bond acceptors (Lipinski definition) is 2. The Kier molecular flexibility index (Phi) is 3.77. The van der Waals surface area contributed by atoms with Crippen LogP contribution in [0.25, 0.3) is 0 Å². The number of ether oxygens (including phenoxy) is 1. The minimum Gasteiger partial charge on any atom is -0.481 e. The van der Waals surface area contributed by atoms with Crippen LogP contribution in [0.3, 0.4) is 0 Å². The van der Waals surface area contributed by atoms with E-state index in [9.17, 15) is 23.1 Å². The highest BCUT2D eigenvalue weighted by atomic mass is 19.4. The first kappa shape index (κ1) is 14.8. The van der Waals surface area contributed by atoms with Crippen molar-refractivity contribution < 1.29 is 27.8 Å². The van der Waals surface area contributed by atoms with Crippen LogP contribution in [-0.2, 0) is 22.1 Å². The SMILES string of the molecule is CC1OCCC1(Cc1ccc(C(F)(F)F)cc1)C(=O)O. The van der Waals surface area contributed by atoms with Crippen LogP contribution in [0, 0.1) is 5.41 Å². The highest BCUT2D eigenvalue weighted by molar-refractivity contribution is 5.76. The van der Waals surface area contributed by atoms with Gasteiger partial charge in [-0.2, -0.15) is 13.2 Å². The van der Waals surface area contributed by atoms with E-state index in [4.69, 9.17) is 4.74 Å². The second-order valence-electron chi connectivity index (χ2n) is 5.10. The fourth-order valence-electron chi connectivity index (χ4n) is 2.54. The van der Waals surface area contributed by atoms with E-state index in [-0.39, 0.29) is 6.42 Å². The van der Waals surface area contributed by atoms with Gasteiger partial charge in [0.2, 0.25) is 0 Å². The molecule has 0 bridgehead atoms. The van der Waals surface area contributed by atoms with Crippen molar-refractivity contribution in [2.75, 3.05) is 6.61 Å². The number of rotatable bonds is 3. The van der Waals surface area contributed by atoms with Crippen LogP contribution in [0.1, 0.15) is 24.5 Å². The van der Waals surface area contributed by atoms with E-state index in [0.29, 0.717) is 18.6 Å². The van der Waals surface area contributed by atoms with Crippen LogP contribution in [-0.4, -0.2) is 23.8 Å². The maximum absolute atomic E-state index is 12.5. The summed E-state index contributed by atoms with van der Waals surface area (Å²) in [6, 6.07) is 4.62. The van der Waals surface area contributed by atoms with Gasteiger partial charge >= 0.3 is 12.1 Å². The number of aliphatic carboxylic acids is 1. The molecule has 1 heterocycles. The molecule has 6 heteroatoms. The van der Waals surface area contributed by atoms with Gasteiger partial charge in [-0.15, -0.1) is 0 Å². The van der Waals surface area contributed by atoms with Crippen LogP contribution in [0.2, 0.25) is 0 Å². The zero-order chi connectivity index (χ0) is 15.0. The van der Waals surface area contributed by atoms with Crippen LogP contribution in [0.5, 0.6) is 0 Å². The fourth-order valence-corrected chi connectivity index (χ4v) is 2.54. The van der Waals surface area contributed by atoms with Gasteiger partial charge in [0.05, 0.1) is 17.1 Å². The summed E-state index contributed by atoms with van der Waals surface area (Å²) in [6.07, 6.45) is -4.30. The zero-order valence-corrected chi connectivity index (χ0v) is 10.9. The molecule has 1 aromatic rings. The molecule has 2 unspecified atom stereocenters. The van der Waals surface area contributed by atoms with Crippen LogP contribution in [0.4, 0.5) is 13.2 Å². The third-order valence-electron chi connectivity index (χ3n) is 3.92. The summed E-state index contributed by atoms with van der Waals surface area (Å²) >= 11 is 0. The van der Waals surface area contributed by atoms with Gasteiger partial charge in [0, 0.05) is 6.61 Å². The summed E-state index contributed by atoms with van der Waals surface area (Å²) in [5, 5.41) is 9.42. The number of carbonyl (C=O) groups is 1. The lowest BCUT2D eigenvalue weighted by Crippen LogP contribution is -2.39. The van der Waals surface area contributed by atoms with E-state index < -0.39 is 29.2 Å². The third-order valence-corrected chi connectivity index (χ3v) is 3.92. The predicted octanol–water partition coefficient (Wildman–Crippen LogP) is 3.13. The second-order valence-corrected chi connectivity index (χ2v) is 5.10. The standard InChI is InChI=1S/C14H15F3O3/c1-9-13(12(18)19,6-7-20-9)8-10-2-4-11(5-3-10)14(15,16)17/h2-5,9H,6-8H2,1H3,(H,18,19). The van der Waals surface area contributed by atoms with Gasteiger partial charge < -0.3 is 9.84 Å². The fraction of sp³-hybridized carbons (Fsp3) is 0.500. The largest absolute Gasteiger partial charge is 0.481 e. The van der Waals surface area contributed by atoms with Gasteiger partial charge in [0.1, 0.15) is 0 Å². The third kappa shape index (κ3) is 2.65. The second kappa shape index (κ2) is 5.09. The Morgan fingerprint density at radius 1 is 1.40 bits per heavy atom. The Morgan fingerprint density at radius 3 is 2.40 bits per heavy atom. The number of halogens is 3. The van der Waals surface area contributed by atoms with Gasteiger partial charge in [0.25, 0.3) is 0 Å². The lowest BCUT2D eigenvalue weighted by molar-refractivity contribution is -0.152. The molecule has 0 aromatic heterocycles. The molecule has 2 atom stereocenters. The molecule has 1 aromatic carbocycles. The summed E-state index contributed by atoms with van der Waals surface area (Å²) in [7, 11) is 0. The molecule has 1 fully saturated rings. The van der Waals surface area contributed by atoms with Crippen LogP contribution < -0.4 is 0 Å². The van der Waals surface area contributed by atoms with Crippen molar-refractivity contribution in [2.45, 2.75) is 32.0 Å². The van der Waals surface area contributed by atoms with E-state index in [0.717, 1.165) is 12.1 Å². The molecule has 1 aliphatic rings. The lowest BCUT2D eigenvalue weighted by Gasteiger charge is -2.27. The Labute approximate surface area is 114 Å². The van der Waals surface area contributed by atoms with E-state index in [1.165, 1.54) is 12.1 Å². The first-order valence-corrected chi connectivity index (χ1v) is 6.27. The molecular weight excluding hydrogens is 273 g/mol. The molecule has 0 saturated carbocycles. The smallest absolute Gasteiger partial charge is 0.416 e. The molecule has 2 rings (SSSR count). The van der Waals surface area contributed by atoms with Gasteiger partial charge in [-0.05, 0) is 37.5 Å². The summed E-state index contributed by atoms with van der Waals surface area (Å²) in [4.78, 5) is 11.5. The Hall–Kier alpha value is -1.56. The van der Waals surface area contributed by atoms with Gasteiger partial charge in [-0.1, -0.05) is 12.1 Å². The summed E-state index contributed by atoms with van der Waals surface area (Å²) < 4.78 is 42.7. The molecule has 110 valence electrons. The first-order chi connectivity index (χ1) is 9.25. The summed E-state index contributed by atoms with van der Waals surface area (Å²) in [6.45, 7) is 2.04. The monoisotopic (exact) mass is 288 g/mol. The molecule has 20 heavy (non-hydrogen) atoms. The van der Waals surface area contributed by atoms with Gasteiger partial charge in [-0.25, -0.2) is 0 Å². The van der Waals surface area contributed by atoms with Gasteiger partial charge in [0.15, 0.2) is 0 Å². The van der Waals surface area contributed by atoms with E-state index in [1.807, 2.05) is 0 Å². The average Bonchev–Trinajstić information content (AvgIpc) is 2.71. The lowest BCUT2D eigenvalue weighted by atomic mass is 9.76. The number of benzene rings is 1. The number of alkyl halides is 3. The summed E-state index contributed by atoms with van der Waals surface area (Å²) in [5.74, 6) is -0.970. The molecule has 0 spiro atoms. The van der Waals surface area contributed by atoms with Crippen LogP contribution >= 0.6 is 0 Å². The maximum atomic E-state index is 12.5. The number of carboxylic acid groups (broad SMARTS) is 1. The Morgan fingerprint density at radius 2 is 2.00 bits per heavy atom. The molecule has 0 aliphatic carbocycles. The highest BCUT2D eigenvalue weighted by Gasteiger charge is 2.48. The molecule has 1 aliphatic heterocycles. The molecule has 1 saturated heterocycles.